The maximum absolute atomic E-state index is 14.2. The van der Waals surface area contributed by atoms with E-state index in [9.17, 15) is 9.18 Å². The van der Waals surface area contributed by atoms with Crippen LogP contribution in [0.5, 0.6) is 0 Å². The van der Waals surface area contributed by atoms with E-state index in [2.05, 4.69) is 15.9 Å². The van der Waals surface area contributed by atoms with E-state index in [1.165, 1.54) is 9.80 Å². The van der Waals surface area contributed by atoms with E-state index < -0.39 is 5.82 Å². The molecule has 0 aliphatic heterocycles. The van der Waals surface area contributed by atoms with Crippen molar-refractivity contribution in [1.82, 2.24) is 4.90 Å². The number of nitrogens with zero attached hydrogens (tertiary/aromatic N) is 2. The minimum atomic E-state index is -0.487. The maximum Gasteiger partial charge on any atom is 0.241 e. The van der Waals surface area contributed by atoms with Crippen molar-refractivity contribution in [3.63, 3.8) is 0 Å². The van der Waals surface area contributed by atoms with Crippen LogP contribution < -0.4 is 10.6 Å². The lowest BCUT2D eigenvalue weighted by molar-refractivity contribution is -0.127. The highest BCUT2D eigenvalue weighted by molar-refractivity contribution is 9.10. The van der Waals surface area contributed by atoms with Crippen LogP contribution in [0.3, 0.4) is 0 Å². The molecule has 1 amide bonds. The predicted octanol–water partition coefficient (Wildman–Crippen LogP) is 1.75. The molecule has 1 aromatic rings. The number of benzene rings is 1. The van der Waals surface area contributed by atoms with Crippen LogP contribution in [0.1, 0.15) is 5.56 Å². The SMILES string of the molecule is CN(C)C(=O)CN(C)c1ccc(C(N)=S)c(Br)c1F. The minimum Gasteiger partial charge on any atom is -0.389 e. The Morgan fingerprint density at radius 3 is 2.47 bits per heavy atom. The molecule has 4 nitrogen and oxygen atoms in total. The number of rotatable bonds is 4. The molecule has 0 bridgehead atoms. The molecule has 7 heteroatoms. The van der Waals surface area contributed by atoms with E-state index in [0.29, 0.717) is 11.3 Å². The van der Waals surface area contributed by atoms with Crippen LogP contribution in [0.15, 0.2) is 16.6 Å². The van der Waals surface area contributed by atoms with E-state index in [4.69, 9.17) is 18.0 Å². The summed E-state index contributed by atoms with van der Waals surface area (Å²) in [6, 6.07) is 3.18. The number of carbonyl (C=O) groups excluding carboxylic acids is 1. The fraction of sp³-hybridized carbons (Fsp3) is 0.333. The van der Waals surface area contributed by atoms with E-state index in [-0.39, 0.29) is 21.9 Å². The Kier molecular flexibility index (Phi) is 5.25. The summed E-state index contributed by atoms with van der Waals surface area (Å²) in [5, 5.41) is 0. The molecule has 0 heterocycles. The Morgan fingerprint density at radius 1 is 1.42 bits per heavy atom. The zero-order valence-electron chi connectivity index (χ0n) is 10.9. The van der Waals surface area contributed by atoms with Crippen molar-refractivity contribution >= 4 is 44.7 Å². The lowest BCUT2D eigenvalue weighted by atomic mass is 10.2. The average molecular weight is 348 g/mol. The Hall–Kier alpha value is -1.21. The van der Waals surface area contributed by atoms with Gasteiger partial charge in [-0.1, -0.05) is 12.2 Å². The molecule has 0 saturated carbocycles. The van der Waals surface area contributed by atoms with Crippen LogP contribution in [0.2, 0.25) is 0 Å². The molecule has 1 rings (SSSR count). The molecule has 0 radical (unpaired) electrons. The molecule has 19 heavy (non-hydrogen) atoms. The lowest BCUT2D eigenvalue weighted by Crippen LogP contribution is -2.34. The Balaban J connectivity index is 3.06. The summed E-state index contributed by atoms with van der Waals surface area (Å²) in [7, 11) is 4.95. The highest BCUT2D eigenvalue weighted by Crippen LogP contribution is 2.28. The molecule has 0 unspecified atom stereocenters. The number of likely N-dealkylation sites (N-methyl/N-ethyl adjacent to an activating group) is 2. The molecule has 1 aromatic carbocycles. The van der Waals surface area contributed by atoms with Crippen LogP contribution in [-0.2, 0) is 4.79 Å². The first kappa shape index (κ1) is 15.8. The average Bonchev–Trinajstić information content (AvgIpc) is 2.31. The van der Waals surface area contributed by atoms with E-state index in [1.54, 1.807) is 33.3 Å². The van der Waals surface area contributed by atoms with Gasteiger partial charge in [0.1, 0.15) is 4.99 Å². The van der Waals surface area contributed by atoms with Gasteiger partial charge in [0.15, 0.2) is 5.82 Å². The van der Waals surface area contributed by atoms with Crippen molar-refractivity contribution < 1.29 is 9.18 Å². The van der Waals surface area contributed by atoms with Crippen LogP contribution in [0, 0.1) is 5.82 Å². The van der Waals surface area contributed by atoms with Crippen molar-refractivity contribution in [2.75, 3.05) is 32.6 Å². The fourth-order valence-electron chi connectivity index (χ4n) is 1.45. The smallest absolute Gasteiger partial charge is 0.241 e. The fourth-order valence-corrected chi connectivity index (χ4v) is 2.30. The van der Waals surface area contributed by atoms with Crippen LogP contribution in [-0.4, -0.2) is 43.5 Å². The minimum absolute atomic E-state index is 0.0861. The van der Waals surface area contributed by atoms with Gasteiger partial charge in [-0.05, 0) is 28.1 Å². The molecular weight excluding hydrogens is 333 g/mol. The number of hydrogen-bond donors (Lipinski definition) is 1. The summed E-state index contributed by atoms with van der Waals surface area (Å²) in [4.78, 5) is 14.7. The zero-order valence-corrected chi connectivity index (χ0v) is 13.3. The van der Waals surface area contributed by atoms with Gasteiger partial charge in [0.05, 0.1) is 16.7 Å². The van der Waals surface area contributed by atoms with Gasteiger partial charge in [-0.25, -0.2) is 4.39 Å². The van der Waals surface area contributed by atoms with Gasteiger partial charge in [-0.2, -0.15) is 0 Å². The molecule has 2 N–H and O–H groups in total. The third-order valence-corrected chi connectivity index (χ3v) is 3.61. The standard InChI is InChI=1S/C12H15BrFN3OS/c1-16(2)9(18)6-17(3)8-5-4-7(12(15)19)10(13)11(8)14/h4-5H,6H2,1-3H3,(H2,15,19). The number of hydrogen-bond acceptors (Lipinski definition) is 3. The first-order valence-corrected chi connectivity index (χ1v) is 6.65. The number of carbonyl (C=O) groups is 1. The summed E-state index contributed by atoms with van der Waals surface area (Å²) in [6.45, 7) is 0.0861. The molecule has 0 spiro atoms. The van der Waals surface area contributed by atoms with E-state index in [1.807, 2.05) is 0 Å². The zero-order chi connectivity index (χ0) is 14.7. The number of anilines is 1. The van der Waals surface area contributed by atoms with E-state index in [0.717, 1.165) is 0 Å². The molecule has 0 aliphatic rings. The highest BCUT2D eigenvalue weighted by atomic mass is 79.9. The molecular formula is C12H15BrFN3OS. The Morgan fingerprint density at radius 2 is 2.00 bits per heavy atom. The second kappa shape index (κ2) is 6.29. The first-order chi connectivity index (χ1) is 8.75. The normalized spacial score (nSPS) is 10.2. The van der Waals surface area contributed by atoms with Crippen molar-refractivity contribution in [2.24, 2.45) is 5.73 Å². The quantitative estimate of drug-likeness (QED) is 0.843. The summed E-state index contributed by atoms with van der Waals surface area (Å²) < 4.78 is 14.4. The van der Waals surface area contributed by atoms with Gasteiger partial charge < -0.3 is 15.5 Å². The monoisotopic (exact) mass is 347 g/mol. The van der Waals surface area contributed by atoms with Crippen LogP contribution >= 0.6 is 28.1 Å². The number of thiocarbonyl (C=S) groups is 1. The number of amides is 1. The van der Waals surface area contributed by atoms with Crippen molar-refractivity contribution in [3.8, 4) is 0 Å². The molecule has 0 aromatic heterocycles. The first-order valence-electron chi connectivity index (χ1n) is 5.44. The molecule has 0 fully saturated rings. The second-order valence-electron chi connectivity index (χ2n) is 4.27. The van der Waals surface area contributed by atoms with Gasteiger partial charge in [-0.3, -0.25) is 4.79 Å². The second-order valence-corrected chi connectivity index (χ2v) is 5.50. The lowest BCUT2D eigenvalue weighted by Gasteiger charge is -2.22. The van der Waals surface area contributed by atoms with Crippen molar-refractivity contribution in [2.45, 2.75) is 0 Å². The summed E-state index contributed by atoms with van der Waals surface area (Å²) in [6.07, 6.45) is 0. The van der Waals surface area contributed by atoms with Gasteiger partial charge in [0, 0.05) is 26.7 Å². The van der Waals surface area contributed by atoms with E-state index >= 15 is 0 Å². The van der Waals surface area contributed by atoms with Crippen LogP contribution in [0.4, 0.5) is 10.1 Å². The third-order valence-electron chi connectivity index (χ3n) is 2.61. The highest BCUT2D eigenvalue weighted by Gasteiger charge is 2.17. The maximum atomic E-state index is 14.2. The summed E-state index contributed by atoms with van der Waals surface area (Å²) >= 11 is 7.96. The molecule has 104 valence electrons. The van der Waals surface area contributed by atoms with Gasteiger partial charge >= 0.3 is 0 Å². The van der Waals surface area contributed by atoms with Crippen molar-refractivity contribution in [3.05, 3.63) is 28.0 Å². The molecule has 0 aliphatic carbocycles. The van der Waals surface area contributed by atoms with Crippen LogP contribution in [0.25, 0.3) is 0 Å². The largest absolute Gasteiger partial charge is 0.389 e. The van der Waals surface area contributed by atoms with Gasteiger partial charge in [0.2, 0.25) is 5.91 Å². The summed E-state index contributed by atoms with van der Waals surface area (Å²) in [5.74, 6) is -0.601. The third kappa shape index (κ3) is 3.63. The van der Waals surface area contributed by atoms with Crippen molar-refractivity contribution in [1.29, 1.82) is 0 Å². The number of halogens is 2. The topological polar surface area (TPSA) is 49.6 Å². The Labute approximate surface area is 125 Å². The predicted molar refractivity (Wildman–Crippen MR) is 82.0 cm³/mol. The molecule has 0 saturated heterocycles. The Bertz CT molecular complexity index is 522. The molecule has 0 atom stereocenters. The van der Waals surface area contributed by atoms with Gasteiger partial charge in [-0.15, -0.1) is 0 Å². The summed E-state index contributed by atoms with van der Waals surface area (Å²) in [5.41, 5.74) is 6.23. The number of nitrogens with two attached hydrogens (primary N) is 1. The van der Waals surface area contributed by atoms with Gasteiger partial charge in [0.25, 0.3) is 0 Å².